The summed E-state index contributed by atoms with van der Waals surface area (Å²) in [5.41, 5.74) is 2.08. The molecule has 102 valence electrons. The van der Waals surface area contributed by atoms with Crippen molar-refractivity contribution in [1.82, 2.24) is 5.32 Å². The van der Waals surface area contributed by atoms with Crippen LogP contribution in [0.1, 0.15) is 24.1 Å². The van der Waals surface area contributed by atoms with Crippen LogP contribution < -0.4 is 5.32 Å². The highest BCUT2D eigenvalue weighted by molar-refractivity contribution is 9.10. The summed E-state index contributed by atoms with van der Waals surface area (Å²) in [6.07, 6.45) is 3.37. The Balaban J connectivity index is 1.96. The predicted octanol–water partition coefficient (Wildman–Crippen LogP) is 4.34. The van der Waals surface area contributed by atoms with Crippen molar-refractivity contribution in [3.63, 3.8) is 0 Å². The molecule has 0 fully saturated rings. The summed E-state index contributed by atoms with van der Waals surface area (Å²) in [4.78, 5) is 11.9. The molecule has 1 atom stereocenters. The minimum atomic E-state index is -0.0960. The summed E-state index contributed by atoms with van der Waals surface area (Å²) in [5.74, 6) is -0.0960. The van der Waals surface area contributed by atoms with Crippen LogP contribution in [0.3, 0.4) is 0 Å². The fourth-order valence-corrected chi connectivity index (χ4v) is 2.27. The molecule has 0 aliphatic rings. The van der Waals surface area contributed by atoms with E-state index in [1.54, 1.807) is 6.08 Å². The lowest BCUT2D eigenvalue weighted by molar-refractivity contribution is -0.117. The van der Waals surface area contributed by atoms with E-state index in [0.29, 0.717) is 0 Å². The van der Waals surface area contributed by atoms with E-state index in [2.05, 4.69) is 21.2 Å². The largest absolute Gasteiger partial charge is 0.346 e. The summed E-state index contributed by atoms with van der Waals surface area (Å²) in [7, 11) is 0. The van der Waals surface area contributed by atoms with Crippen molar-refractivity contribution in [3.05, 3.63) is 76.3 Å². The van der Waals surface area contributed by atoms with Gasteiger partial charge in [0, 0.05) is 10.5 Å². The maximum Gasteiger partial charge on any atom is 0.244 e. The number of halogens is 1. The van der Waals surface area contributed by atoms with Crippen molar-refractivity contribution >= 4 is 27.9 Å². The van der Waals surface area contributed by atoms with Gasteiger partial charge in [-0.2, -0.15) is 0 Å². The van der Waals surface area contributed by atoms with Crippen LogP contribution in [0.25, 0.3) is 6.08 Å². The van der Waals surface area contributed by atoms with Crippen LogP contribution in [0.2, 0.25) is 0 Å². The van der Waals surface area contributed by atoms with Crippen molar-refractivity contribution in [2.24, 2.45) is 0 Å². The molecule has 0 saturated carbocycles. The number of hydrogen-bond acceptors (Lipinski definition) is 1. The molecule has 0 unspecified atom stereocenters. The third-order valence-electron chi connectivity index (χ3n) is 2.93. The summed E-state index contributed by atoms with van der Waals surface area (Å²) in [6.45, 7) is 1.97. The third-order valence-corrected chi connectivity index (χ3v) is 3.43. The summed E-state index contributed by atoms with van der Waals surface area (Å²) in [5, 5.41) is 2.95. The van der Waals surface area contributed by atoms with Gasteiger partial charge in [0.1, 0.15) is 0 Å². The Bertz CT molecular complexity index is 607. The second kappa shape index (κ2) is 7.06. The van der Waals surface area contributed by atoms with Gasteiger partial charge in [-0.15, -0.1) is 0 Å². The fraction of sp³-hybridized carbons (Fsp3) is 0.118. The Morgan fingerprint density at radius 2 is 1.90 bits per heavy atom. The smallest absolute Gasteiger partial charge is 0.244 e. The molecule has 0 aliphatic heterocycles. The van der Waals surface area contributed by atoms with E-state index in [1.165, 1.54) is 0 Å². The van der Waals surface area contributed by atoms with Gasteiger partial charge < -0.3 is 5.32 Å². The molecule has 0 aliphatic carbocycles. The number of rotatable bonds is 4. The third kappa shape index (κ3) is 4.35. The number of carbonyl (C=O) groups is 1. The molecule has 2 rings (SSSR count). The summed E-state index contributed by atoms with van der Waals surface area (Å²) < 4.78 is 1.01. The van der Waals surface area contributed by atoms with E-state index in [1.807, 2.05) is 67.6 Å². The van der Waals surface area contributed by atoms with Crippen LogP contribution in [-0.4, -0.2) is 5.91 Å². The second-order valence-corrected chi connectivity index (χ2v) is 5.44. The van der Waals surface area contributed by atoms with E-state index in [0.717, 1.165) is 15.6 Å². The monoisotopic (exact) mass is 329 g/mol. The number of benzene rings is 2. The van der Waals surface area contributed by atoms with Gasteiger partial charge >= 0.3 is 0 Å². The first kappa shape index (κ1) is 14.5. The van der Waals surface area contributed by atoms with Crippen molar-refractivity contribution in [2.75, 3.05) is 0 Å². The van der Waals surface area contributed by atoms with Gasteiger partial charge in [0.25, 0.3) is 0 Å². The Morgan fingerprint density at radius 3 is 2.60 bits per heavy atom. The first-order chi connectivity index (χ1) is 9.65. The van der Waals surface area contributed by atoms with Crippen molar-refractivity contribution in [1.29, 1.82) is 0 Å². The zero-order chi connectivity index (χ0) is 14.4. The Hall–Kier alpha value is -1.87. The lowest BCUT2D eigenvalue weighted by atomic mass is 10.1. The molecule has 2 aromatic rings. The van der Waals surface area contributed by atoms with Crippen LogP contribution in [0, 0.1) is 0 Å². The molecule has 0 radical (unpaired) electrons. The fourth-order valence-electron chi connectivity index (χ4n) is 1.86. The van der Waals surface area contributed by atoms with E-state index >= 15 is 0 Å². The topological polar surface area (TPSA) is 29.1 Å². The van der Waals surface area contributed by atoms with Crippen LogP contribution >= 0.6 is 15.9 Å². The molecule has 2 nitrogen and oxygen atoms in total. The zero-order valence-corrected chi connectivity index (χ0v) is 12.8. The molecule has 3 heteroatoms. The van der Waals surface area contributed by atoms with Gasteiger partial charge in [-0.3, -0.25) is 4.79 Å². The van der Waals surface area contributed by atoms with Gasteiger partial charge in [0.05, 0.1) is 6.04 Å². The first-order valence-corrected chi connectivity index (χ1v) is 7.23. The van der Waals surface area contributed by atoms with Gasteiger partial charge in [0.2, 0.25) is 5.91 Å². The van der Waals surface area contributed by atoms with Gasteiger partial charge in [-0.1, -0.05) is 58.4 Å². The quantitative estimate of drug-likeness (QED) is 0.830. The van der Waals surface area contributed by atoms with Crippen molar-refractivity contribution in [3.8, 4) is 0 Å². The predicted molar refractivity (Wildman–Crippen MR) is 86.2 cm³/mol. The first-order valence-electron chi connectivity index (χ1n) is 6.44. The maximum atomic E-state index is 11.9. The van der Waals surface area contributed by atoms with Crippen molar-refractivity contribution < 1.29 is 4.79 Å². The van der Waals surface area contributed by atoms with E-state index in [-0.39, 0.29) is 11.9 Å². The van der Waals surface area contributed by atoms with Crippen LogP contribution in [0.15, 0.2) is 65.1 Å². The van der Waals surface area contributed by atoms with E-state index in [4.69, 9.17) is 0 Å². The van der Waals surface area contributed by atoms with Crippen LogP contribution in [0.5, 0.6) is 0 Å². The molecule has 0 saturated heterocycles. The minimum absolute atomic E-state index is 0.0274. The molecule has 1 amide bonds. The lowest BCUT2D eigenvalue weighted by Gasteiger charge is -2.13. The highest BCUT2D eigenvalue weighted by Crippen LogP contribution is 2.17. The molecule has 1 N–H and O–H groups in total. The van der Waals surface area contributed by atoms with Crippen molar-refractivity contribution in [2.45, 2.75) is 13.0 Å². The molecule has 20 heavy (non-hydrogen) atoms. The molecular weight excluding hydrogens is 314 g/mol. The normalized spacial score (nSPS) is 12.3. The summed E-state index contributed by atoms with van der Waals surface area (Å²) >= 11 is 3.43. The standard InChI is InChI=1S/C17H16BrNO/c1-13(15-8-5-9-16(18)12-15)19-17(20)11-10-14-6-3-2-4-7-14/h2-13H,1H3,(H,19,20)/b11-10-/t13-/m0/s1. The number of hydrogen-bond donors (Lipinski definition) is 1. The Morgan fingerprint density at radius 1 is 1.15 bits per heavy atom. The van der Waals surface area contributed by atoms with E-state index in [9.17, 15) is 4.79 Å². The lowest BCUT2D eigenvalue weighted by Crippen LogP contribution is -2.24. The number of carbonyl (C=O) groups excluding carboxylic acids is 1. The molecule has 0 spiro atoms. The van der Waals surface area contributed by atoms with Crippen LogP contribution in [-0.2, 0) is 4.79 Å². The average Bonchev–Trinajstić information content (AvgIpc) is 2.46. The Labute approximate surface area is 127 Å². The van der Waals surface area contributed by atoms with Gasteiger partial charge in [0.15, 0.2) is 0 Å². The highest BCUT2D eigenvalue weighted by atomic mass is 79.9. The molecule has 2 aromatic carbocycles. The molecule has 0 bridgehead atoms. The average molecular weight is 330 g/mol. The van der Waals surface area contributed by atoms with Gasteiger partial charge in [-0.05, 0) is 36.3 Å². The Kier molecular flexibility index (Phi) is 5.13. The summed E-state index contributed by atoms with van der Waals surface area (Å²) in [6, 6.07) is 17.7. The molecule has 0 aromatic heterocycles. The number of nitrogens with one attached hydrogen (secondary N) is 1. The SMILES string of the molecule is C[C@H](NC(=O)/C=C\c1ccccc1)c1cccc(Br)c1. The minimum Gasteiger partial charge on any atom is -0.346 e. The van der Waals surface area contributed by atoms with Gasteiger partial charge in [-0.25, -0.2) is 0 Å². The second-order valence-electron chi connectivity index (χ2n) is 4.53. The van der Waals surface area contributed by atoms with Crippen LogP contribution in [0.4, 0.5) is 0 Å². The number of amides is 1. The highest BCUT2D eigenvalue weighted by Gasteiger charge is 2.07. The van der Waals surface area contributed by atoms with E-state index < -0.39 is 0 Å². The molecule has 0 heterocycles. The zero-order valence-electron chi connectivity index (χ0n) is 11.2. The molecular formula is C17H16BrNO. The maximum absolute atomic E-state index is 11.9.